The van der Waals surface area contributed by atoms with Gasteiger partial charge in [-0.2, -0.15) is 0 Å². The summed E-state index contributed by atoms with van der Waals surface area (Å²) in [5.74, 6) is -0.0855. The van der Waals surface area contributed by atoms with Crippen molar-refractivity contribution in [2.75, 3.05) is 32.1 Å². The van der Waals surface area contributed by atoms with E-state index in [0.717, 1.165) is 32.1 Å². The van der Waals surface area contributed by atoms with Gasteiger partial charge in [0, 0.05) is 31.9 Å². The Morgan fingerprint density at radius 1 is 1.22 bits per heavy atom. The van der Waals surface area contributed by atoms with E-state index in [9.17, 15) is 9.59 Å². The van der Waals surface area contributed by atoms with Gasteiger partial charge in [0.05, 0.1) is 17.2 Å². The van der Waals surface area contributed by atoms with Crippen LogP contribution in [-0.2, 0) is 0 Å². The van der Waals surface area contributed by atoms with Crippen LogP contribution in [0, 0.1) is 0 Å². The van der Waals surface area contributed by atoms with E-state index < -0.39 is 0 Å². The van der Waals surface area contributed by atoms with E-state index in [1.54, 1.807) is 28.0 Å². The summed E-state index contributed by atoms with van der Waals surface area (Å²) in [6.45, 7) is 2.71. The highest BCUT2D eigenvalue weighted by molar-refractivity contribution is 6.34. The Morgan fingerprint density at radius 2 is 1.93 bits per heavy atom. The van der Waals surface area contributed by atoms with E-state index >= 15 is 0 Å². The van der Waals surface area contributed by atoms with Gasteiger partial charge in [-0.3, -0.25) is 4.79 Å². The molecule has 2 N–H and O–H groups in total. The van der Waals surface area contributed by atoms with Gasteiger partial charge in [0.1, 0.15) is 0 Å². The fourth-order valence-corrected chi connectivity index (χ4v) is 3.76. The Morgan fingerprint density at radius 3 is 2.52 bits per heavy atom. The van der Waals surface area contributed by atoms with Crippen molar-refractivity contribution >= 4 is 29.2 Å². The van der Waals surface area contributed by atoms with Crippen LogP contribution in [0.25, 0.3) is 0 Å². The van der Waals surface area contributed by atoms with E-state index in [4.69, 9.17) is 16.7 Å². The van der Waals surface area contributed by atoms with Crippen LogP contribution < -0.4 is 5.32 Å². The van der Waals surface area contributed by atoms with Crippen LogP contribution >= 0.6 is 11.6 Å². The average molecular weight is 396 g/mol. The zero-order valence-corrected chi connectivity index (χ0v) is 17.0. The molecule has 0 unspecified atom stereocenters. The Hall–Kier alpha value is -1.79. The SMILES string of the molecule is CCCN(CCO)C(=O)Nc1ccc(C(=O)N(C)C2CCCCC2)c(Cl)c1. The maximum Gasteiger partial charge on any atom is 0.321 e. The molecular weight excluding hydrogens is 366 g/mol. The van der Waals surface area contributed by atoms with Crippen LogP contribution in [0.1, 0.15) is 55.8 Å². The smallest absolute Gasteiger partial charge is 0.321 e. The number of benzene rings is 1. The largest absolute Gasteiger partial charge is 0.395 e. The number of hydrogen-bond acceptors (Lipinski definition) is 3. The molecule has 1 aliphatic carbocycles. The molecule has 1 aromatic carbocycles. The summed E-state index contributed by atoms with van der Waals surface area (Å²) in [6, 6.07) is 4.93. The summed E-state index contributed by atoms with van der Waals surface area (Å²) >= 11 is 6.34. The summed E-state index contributed by atoms with van der Waals surface area (Å²) in [4.78, 5) is 28.5. The van der Waals surface area contributed by atoms with Gasteiger partial charge in [0.15, 0.2) is 0 Å². The minimum Gasteiger partial charge on any atom is -0.395 e. The molecule has 0 atom stereocenters. The number of hydrogen-bond donors (Lipinski definition) is 2. The molecule has 7 heteroatoms. The molecule has 27 heavy (non-hydrogen) atoms. The Kier molecular flexibility index (Phi) is 8.38. The Balaban J connectivity index is 2.05. The first kappa shape index (κ1) is 21.5. The zero-order chi connectivity index (χ0) is 19.8. The normalized spacial score (nSPS) is 14.7. The lowest BCUT2D eigenvalue weighted by atomic mass is 9.94. The molecule has 1 fully saturated rings. The fraction of sp³-hybridized carbons (Fsp3) is 0.600. The van der Waals surface area contributed by atoms with Crippen LogP contribution in [-0.4, -0.2) is 59.6 Å². The van der Waals surface area contributed by atoms with Crippen LogP contribution in [0.4, 0.5) is 10.5 Å². The van der Waals surface area contributed by atoms with Gasteiger partial charge < -0.3 is 20.2 Å². The van der Waals surface area contributed by atoms with Gasteiger partial charge in [0.2, 0.25) is 0 Å². The van der Waals surface area contributed by atoms with Gasteiger partial charge in [-0.05, 0) is 37.5 Å². The quantitative estimate of drug-likeness (QED) is 0.733. The van der Waals surface area contributed by atoms with Crippen molar-refractivity contribution in [3.63, 3.8) is 0 Å². The first-order valence-electron chi connectivity index (χ1n) is 9.71. The number of nitrogens with zero attached hydrogens (tertiary/aromatic N) is 2. The lowest BCUT2D eigenvalue weighted by Crippen LogP contribution is -2.38. The van der Waals surface area contributed by atoms with Crippen molar-refractivity contribution in [1.82, 2.24) is 9.80 Å². The third kappa shape index (κ3) is 5.84. The van der Waals surface area contributed by atoms with Crippen molar-refractivity contribution < 1.29 is 14.7 Å². The molecular formula is C20H30ClN3O3. The minimum atomic E-state index is -0.291. The summed E-state index contributed by atoms with van der Waals surface area (Å²) in [5.41, 5.74) is 0.976. The number of nitrogens with one attached hydrogen (secondary N) is 1. The van der Waals surface area contributed by atoms with Gasteiger partial charge >= 0.3 is 6.03 Å². The third-order valence-electron chi connectivity index (χ3n) is 5.04. The first-order chi connectivity index (χ1) is 13.0. The van der Waals surface area contributed by atoms with Gasteiger partial charge in [-0.1, -0.05) is 37.8 Å². The number of rotatable bonds is 7. The van der Waals surface area contributed by atoms with Crippen LogP contribution in [0.2, 0.25) is 5.02 Å². The predicted octanol–water partition coefficient (Wildman–Crippen LogP) is 3.98. The Labute approximate surface area is 166 Å². The van der Waals surface area contributed by atoms with E-state index in [1.165, 1.54) is 6.42 Å². The first-order valence-corrected chi connectivity index (χ1v) is 10.1. The van der Waals surface area contributed by atoms with E-state index in [-0.39, 0.29) is 31.1 Å². The highest BCUT2D eigenvalue weighted by atomic mass is 35.5. The topological polar surface area (TPSA) is 72.9 Å². The molecule has 3 amide bonds. The molecule has 2 rings (SSSR count). The van der Waals surface area contributed by atoms with Gasteiger partial charge in [0.25, 0.3) is 5.91 Å². The molecule has 0 aromatic heterocycles. The van der Waals surface area contributed by atoms with Gasteiger partial charge in [-0.25, -0.2) is 4.79 Å². The van der Waals surface area contributed by atoms with Crippen LogP contribution in [0.15, 0.2) is 18.2 Å². The van der Waals surface area contributed by atoms with Crippen molar-refractivity contribution in [3.8, 4) is 0 Å². The highest BCUT2D eigenvalue weighted by Gasteiger charge is 2.24. The number of aliphatic hydroxyl groups is 1. The molecule has 0 spiro atoms. The molecule has 150 valence electrons. The number of aliphatic hydroxyl groups excluding tert-OH is 1. The molecule has 0 radical (unpaired) electrons. The summed E-state index contributed by atoms with van der Waals surface area (Å²) < 4.78 is 0. The zero-order valence-electron chi connectivity index (χ0n) is 16.2. The number of halogens is 1. The number of carbonyl (C=O) groups excluding carboxylic acids is 2. The summed E-state index contributed by atoms with van der Waals surface area (Å²) in [7, 11) is 1.84. The van der Waals surface area contributed by atoms with Gasteiger partial charge in [-0.15, -0.1) is 0 Å². The van der Waals surface area contributed by atoms with E-state index in [1.807, 2.05) is 14.0 Å². The number of urea groups is 1. The van der Waals surface area contributed by atoms with Crippen molar-refractivity contribution in [3.05, 3.63) is 28.8 Å². The fourth-order valence-electron chi connectivity index (χ4n) is 3.50. The summed E-state index contributed by atoms with van der Waals surface area (Å²) in [5, 5.41) is 12.2. The monoisotopic (exact) mass is 395 g/mol. The van der Waals surface area contributed by atoms with Crippen LogP contribution in [0.3, 0.4) is 0 Å². The number of carbonyl (C=O) groups is 2. The molecule has 6 nitrogen and oxygen atoms in total. The van der Waals surface area contributed by atoms with E-state index in [2.05, 4.69) is 5.32 Å². The lowest BCUT2D eigenvalue weighted by molar-refractivity contribution is 0.0696. The van der Waals surface area contributed by atoms with Crippen LogP contribution in [0.5, 0.6) is 0 Å². The predicted molar refractivity (Wildman–Crippen MR) is 108 cm³/mol. The maximum absolute atomic E-state index is 12.8. The second-order valence-corrected chi connectivity index (χ2v) is 7.45. The number of anilines is 1. The number of amides is 3. The highest BCUT2D eigenvalue weighted by Crippen LogP contribution is 2.26. The molecule has 1 aromatic rings. The maximum atomic E-state index is 12.8. The third-order valence-corrected chi connectivity index (χ3v) is 5.36. The second kappa shape index (κ2) is 10.5. The molecule has 1 aliphatic rings. The Bertz CT molecular complexity index is 641. The molecule has 0 aliphatic heterocycles. The van der Waals surface area contributed by atoms with E-state index in [0.29, 0.717) is 22.8 Å². The van der Waals surface area contributed by atoms with Crippen molar-refractivity contribution in [1.29, 1.82) is 0 Å². The van der Waals surface area contributed by atoms with Crippen molar-refractivity contribution in [2.45, 2.75) is 51.5 Å². The molecule has 1 saturated carbocycles. The second-order valence-electron chi connectivity index (χ2n) is 7.04. The standard InChI is InChI=1S/C20H30ClN3O3/c1-3-11-24(12-13-25)20(27)22-15-9-10-17(18(21)14-15)19(26)23(2)16-7-5-4-6-8-16/h9-10,14,16,25H,3-8,11-13H2,1-2H3,(H,22,27). The average Bonchev–Trinajstić information content (AvgIpc) is 2.67. The summed E-state index contributed by atoms with van der Waals surface area (Å²) in [6.07, 6.45) is 6.42. The lowest BCUT2D eigenvalue weighted by Gasteiger charge is -2.31. The van der Waals surface area contributed by atoms with Crippen molar-refractivity contribution in [2.24, 2.45) is 0 Å². The molecule has 0 saturated heterocycles. The molecule has 0 heterocycles. The molecule has 0 bridgehead atoms. The minimum absolute atomic E-state index is 0.0855.